The number of halogens is 3. The molecule has 1 saturated heterocycles. The third-order valence-corrected chi connectivity index (χ3v) is 3.67. The molecule has 0 bridgehead atoms. The molecule has 1 heterocycles. The molecule has 1 fully saturated rings. The van der Waals surface area contributed by atoms with Gasteiger partial charge in [-0.05, 0) is 31.0 Å². The number of nitrogens with two attached hydrogens (primary N) is 1. The van der Waals surface area contributed by atoms with E-state index >= 15 is 0 Å². The van der Waals surface area contributed by atoms with Crippen LogP contribution in [0.15, 0.2) is 18.2 Å². The third kappa shape index (κ3) is 4.70. The van der Waals surface area contributed by atoms with Gasteiger partial charge in [-0.2, -0.15) is 0 Å². The van der Waals surface area contributed by atoms with Crippen LogP contribution in [0, 0.1) is 0 Å². The highest BCUT2D eigenvalue weighted by Gasteiger charge is 2.20. The first kappa shape index (κ1) is 17.4. The first-order valence-corrected chi connectivity index (χ1v) is 6.93. The standard InChI is InChI=1S/C13H16Cl2N2O2.ClH/c14-9-1-2-12(11(15)7-9)19-8-13(18)17-5-3-10(16)4-6-17;/h1-2,7,10H,3-6,8,16H2;1H. The summed E-state index contributed by atoms with van der Waals surface area (Å²) in [6.07, 6.45) is 1.68. The summed E-state index contributed by atoms with van der Waals surface area (Å²) >= 11 is 11.8. The maximum Gasteiger partial charge on any atom is 0.260 e. The van der Waals surface area contributed by atoms with E-state index in [2.05, 4.69) is 0 Å². The lowest BCUT2D eigenvalue weighted by molar-refractivity contribution is -0.134. The van der Waals surface area contributed by atoms with Gasteiger partial charge in [0.25, 0.3) is 5.91 Å². The van der Waals surface area contributed by atoms with E-state index in [9.17, 15) is 4.79 Å². The molecular weight excluding hydrogens is 323 g/mol. The third-order valence-electron chi connectivity index (χ3n) is 3.14. The average molecular weight is 340 g/mol. The van der Waals surface area contributed by atoms with Crippen molar-refractivity contribution in [3.05, 3.63) is 28.2 Å². The molecule has 7 heteroatoms. The van der Waals surface area contributed by atoms with Crippen LogP contribution in [0.4, 0.5) is 0 Å². The Kier molecular flexibility index (Phi) is 6.89. The molecule has 0 unspecified atom stereocenters. The summed E-state index contributed by atoms with van der Waals surface area (Å²) in [5, 5.41) is 0.940. The van der Waals surface area contributed by atoms with Gasteiger partial charge in [-0.3, -0.25) is 4.79 Å². The second-order valence-corrected chi connectivity index (χ2v) is 5.43. The van der Waals surface area contributed by atoms with Crippen molar-refractivity contribution in [2.75, 3.05) is 19.7 Å². The summed E-state index contributed by atoms with van der Waals surface area (Å²) in [6, 6.07) is 5.12. The maximum absolute atomic E-state index is 11.9. The number of hydrogen-bond donors (Lipinski definition) is 1. The second-order valence-electron chi connectivity index (χ2n) is 4.58. The van der Waals surface area contributed by atoms with Crippen molar-refractivity contribution in [2.24, 2.45) is 5.73 Å². The molecule has 0 spiro atoms. The number of carbonyl (C=O) groups is 1. The highest BCUT2D eigenvalue weighted by Crippen LogP contribution is 2.27. The zero-order valence-corrected chi connectivity index (χ0v) is 13.2. The Labute approximate surface area is 134 Å². The van der Waals surface area contributed by atoms with Crippen LogP contribution in [0.2, 0.25) is 10.0 Å². The van der Waals surface area contributed by atoms with E-state index in [0.29, 0.717) is 28.9 Å². The molecular formula is C13H17Cl3N2O2. The summed E-state index contributed by atoms with van der Waals surface area (Å²) in [4.78, 5) is 13.7. The predicted molar refractivity (Wildman–Crippen MR) is 83.0 cm³/mol. The van der Waals surface area contributed by atoms with Crippen molar-refractivity contribution in [2.45, 2.75) is 18.9 Å². The number of ether oxygens (including phenoxy) is 1. The summed E-state index contributed by atoms with van der Waals surface area (Å²) in [7, 11) is 0. The Balaban J connectivity index is 0.00000200. The molecule has 112 valence electrons. The van der Waals surface area contributed by atoms with Crippen LogP contribution in [-0.2, 0) is 4.79 Å². The number of benzene rings is 1. The van der Waals surface area contributed by atoms with Gasteiger partial charge in [0.15, 0.2) is 6.61 Å². The topological polar surface area (TPSA) is 55.6 Å². The molecule has 1 aliphatic heterocycles. The van der Waals surface area contributed by atoms with Gasteiger partial charge in [-0.25, -0.2) is 0 Å². The largest absolute Gasteiger partial charge is 0.482 e. The molecule has 0 radical (unpaired) electrons. The summed E-state index contributed by atoms with van der Waals surface area (Å²) in [5.41, 5.74) is 5.80. The first-order chi connectivity index (χ1) is 9.06. The van der Waals surface area contributed by atoms with Crippen LogP contribution in [0.1, 0.15) is 12.8 Å². The fraction of sp³-hybridized carbons (Fsp3) is 0.462. The minimum Gasteiger partial charge on any atom is -0.482 e. The molecule has 0 atom stereocenters. The normalized spacial score (nSPS) is 15.7. The van der Waals surface area contributed by atoms with E-state index in [4.69, 9.17) is 33.7 Å². The molecule has 2 N–H and O–H groups in total. The smallest absolute Gasteiger partial charge is 0.260 e. The molecule has 2 rings (SSSR count). The number of carbonyl (C=O) groups excluding carboxylic acids is 1. The lowest BCUT2D eigenvalue weighted by atomic mass is 10.1. The van der Waals surface area contributed by atoms with E-state index in [1.807, 2.05) is 0 Å². The number of amides is 1. The minimum absolute atomic E-state index is 0. The highest BCUT2D eigenvalue weighted by atomic mass is 35.5. The van der Waals surface area contributed by atoms with Crippen LogP contribution < -0.4 is 10.5 Å². The Morgan fingerprint density at radius 2 is 2.00 bits per heavy atom. The van der Waals surface area contributed by atoms with Gasteiger partial charge < -0.3 is 15.4 Å². The van der Waals surface area contributed by atoms with Crippen LogP contribution >= 0.6 is 35.6 Å². The molecule has 4 nitrogen and oxygen atoms in total. The van der Waals surface area contributed by atoms with Crippen molar-refractivity contribution in [3.8, 4) is 5.75 Å². The lowest BCUT2D eigenvalue weighted by Crippen LogP contribution is -2.44. The van der Waals surface area contributed by atoms with Crippen LogP contribution in [0.3, 0.4) is 0 Å². The zero-order valence-electron chi connectivity index (χ0n) is 10.9. The van der Waals surface area contributed by atoms with Gasteiger partial charge in [-0.1, -0.05) is 23.2 Å². The van der Waals surface area contributed by atoms with Crippen molar-refractivity contribution < 1.29 is 9.53 Å². The van der Waals surface area contributed by atoms with Crippen LogP contribution in [-0.4, -0.2) is 36.5 Å². The monoisotopic (exact) mass is 338 g/mol. The fourth-order valence-electron chi connectivity index (χ4n) is 1.97. The van der Waals surface area contributed by atoms with Crippen molar-refractivity contribution in [1.29, 1.82) is 0 Å². The van der Waals surface area contributed by atoms with Crippen molar-refractivity contribution in [3.63, 3.8) is 0 Å². The number of rotatable bonds is 3. The molecule has 0 aliphatic carbocycles. The summed E-state index contributed by atoms with van der Waals surface area (Å²) < 4.78 is 5.42. The molecule has 20 heavy (non-hydrogen) atoms. The van der Waals surface area contributed by atoms with Gasteiger partial charge in [0.1, 0.15) is 5.75 Å². The molecule has 1 aliphatic rings. The summed E-state index contributed by atoms with van der Waals surface area (Å²) in [6.45, 7) is 1.37. The second kappa shape index (κ2) is 7.93. The Hall–Kier alpha value is -0.680. The maximum atomic E-state index is 11.9. The fourth-order valence-corrected chi connectivity index (χ4v) is 2.43. The number of piperidine rings is 1. The molecule has 1 aromatic carbocycles. The lowest BCUT2D eigenvalue weighted by Gasteiger charge is -2.30. The first-order valence-electron chi connectivity index (χ1n) is 6.17. The number of hydrogen-bond acceptors (Lipinski definition) is 3. The van der Waals surface area contributed by atoms with E-state index < -0.39 is 0 Å². The van der Waals surface area contributed by atoms with Gasteiger partial charge in [-0.15, -0.1) is 12.4 Å². The SMILES string of the molecule is Cl.NC1CCN(C(=O)COc2ccc(Cl)cc2Cl)CC1. The highest BCUT2D eigenvalue weighted by molar-refractivity contribution is 6.35. The molecule has 0 aromatic heterocycles. The van der Waals surface area contributed by atoms with E-state index in [-0.39, 0.29) is 31.0 Å². The van der Waals surface area contributed by atoms with Crippen LogP contribution in [0.25, 0.3) is 0 Å². The summed E-state index contributed by atoms with van der Waals surface area (Å²) in [5.74, 6) is 0.422. The zero-order chi connectivity index (χ0) is 13.8. The Morgan fingerprint density at radius 3 is 2.60 bits per heavy atom. The minimum atomic E-state index is -0.0436. The van der Waals surface area contributed by atoms with Gasteiger partial charge in [0, 0.05) is 24.2 Å². The van der Waals surface area contributed by atoms with E-state index in [1.165, 1.54) is 0 Å². The number of likely N-dealkylation sites (tertiary alicyclic amines) is 1. The van der Waals surface area contributed by atoms with Crippen LogP contribution in [0.5, 0.6) is 5.75 Å². The predicted octanol–water partition coefficient (Wildman–Crippen LogP) is 2.74. The van der Waals surface area contributed by atoms with Crippen molar-refractivity contribution >= 4 is 41.5 Å². The number of nitrogens with zero attached hydrogens (tertiary/aromatic N) is 1. The molecule has 1 aromatic rings. The molecule has 1 amide bonds. The van der Waals surface area contributed by atoms with E-state index in [0.717, 1.165) is 12.8 Å². The van der Waals surface area contributed by atoms with Gasteiger partial charge in [0.05, 0.1) is 5.02 Å². The van der Waals surface area contributed by atoms with Gasteiger partial charge in [0.2, 0.25) is 0 Å². The Morgan fingerprint density at radius 1 is 1.35 bits per heavy atom. The Bertz CT molecular complexity index is 463. The van der Waals surface area contributed by atoms with E-state index in [1.54, 1.807) is 23.1 Å². The quantitative estimate of drug-likeness (QED) is 0.921. The van der Waals surface area contributed by atoms with Crippen molar-refractivity contribution in [1.82, 2.24) is 4.90 Å². The molecule has 0 saturated carbocycles. The average Bonchev–Trinajstić information content (AvgIpc) is 2.38. The van der Waals surface area contributed by atoms with Gasteiger partial charge >= 0.3 is 0 Å².